The zero-order valence-corrected chi connectivity index (χ0v) is 12.6. The van der Waals surface area contributed by atoms with E-state index in [-0.39, 0.29) is 11.9 Å². The fraction of sp³-hybridized carbons (Fsp3) is 0.333. The van der Waals surface area contributed by atoms with Gasteiger partial charge in [-0.05, 0) is 49.0 Å². The quantitative estimate of drug-likeness (QED) is 0.824. The third-order valence-corrected chi connectivity index (χ3v) is 4.18. The van der Waals surface area contributed by atoms with E-state index in [4.69, 9.17) is 11.6 Å². The van der Waals surface area contributed by atoms with Crippen LogP contribution in [0.3, 0.4) is 0 Å². The predicted octanol–water partition coefficient (Wildman–Crippen LogP) is 4.94. The van der Waals surface area contributed by atoms with Crippen LogP contribution in [-0.4, -0.2) is 6.54 Å². The lowest BCUT2D eigenvalue weighted by Gasteiger charge is -2.20. The van der Waals surface area contributed by atoms with Gasteiger partial charge in [0.2, 0.25) is 0 Å². The van der Waals surface area contributed by atoms with Crippen LogP contribution in [-0.2, 0) is 0 Å². The summed E-state index contributed by atoms with van der Waals surface area (Å²) in [6.07, 6.45) is 0.992. The number of hydrogen-bond acceptors (Lipinski definition) is 2. The standard InChI is InChI=1S/C15H17ClFNS/c1-3-7-18-15(11-8-10(2)19-9-11)14-12(16)5-4-6-13(14)17/h4-6,8-9,15,18H,3,7H2,1-2H3. The maximum Gasteiger partial charge on any atom is 0.129 e. The molecule has 0 saturated heterocycles. The van der Waals surface area contributed by atoms with Gasteiger partial charge in [-0.25, -0.2) is 4.39 Å². The number of benzene rings is 1. The zero-order valence-electron chi connectivity index (χ0n) is 11.0. The first-order valence-electron chi connectivity index (χ1n) is 6.35. The average Bonchev–Trinajstić information content (AvgIpc) is 2.79. The maximum atomic E-state index is 14.1. The summed E-state index contributed by atoms with van der Waals surface area (Å²) in [4.78, 5) is 1.21. The molecule has 2 rings (SSSR count). The van der Waals surface area contributed by atoms with Crippen LogP contribution >= 0.6 is 22.9 Å². The Morgan fingerprint density at radius 3 is 2.79 bits per heavy atom. The van der Waals surface area contributed by atoms with Crippen molar-refractivity contribution in [3.05, 3.63) is 56.5 Å². The lowest BCUT2D eigenvalue weighted by molar-refractivity contribution is 0.547. The normalized spacial score (nSPS) is 12.6. The summed E-state index contributed by atoms with van der Waals surface area (Å²) >= 11 is 7.85. The minimum absolute atomic E-state index is 0.182. The van der Waals surface area contributed by atoms with Gasteiger partial charge in [-0.15, -0.1) is 11.3 Å². The van der Waals surface area contributed by atoms with Gasteiger partial charge in [-0.1, -0.05) is 24.6 Å². The molecule has 1 aromatic carbocycles. The largest absolute Gasteiger partial charge is 0.306 e. The van der Waals surface area contributed by atoms with Crippen LogP contribution in [0.1, 0.15) is 35.4 Å². The van der Waals surface area contributed by atoms with Crippen molar-refractivity contribution < 1.29 is 4.39 Å². The van der Waals surface area contributed by atoms with Crippen molar-refractivity contribution in [3.8, 4) is 0 Å². The van der Waals surface area contributed by atoms with Gasteiger partial charge in [0.1, 0.15) is 5.82 Å². The fourth-order valence-electron chi connectivity index (χ4n) is 2.08. The topological polar surface area (TPSA) is 12.0 Å². The van der Waals surface area contributed by atoms with Crippen molar-refractivity contribution in [1.82, 2.24) is 5.32 Å². The minimum Gasteiger partial charge on any atom is -0.306 e. The van der Waals surface area contributed by atoms with E-state index in [0.717, 1.165) is 18.5 Å². The van der Waals surface area contributed by atoms with E-state index in [1.807, 2.05) is 6.92 Å². The van der Waals surface area contributed by atoms with Crippen molar-refractivity contribution >= 4 is 22.9 Å². The molecule has 1 nitrogen and oxygen atoms in total. The molecule has 0 aliphatic heterocycles. The SMILES string of the molecule is CCCNC(c1csc(C)c1)c1c(F)cccc1Cl. The Hall–Kier alpha value is -0.900. The predicted molar refractivity (Wildman–Crippen MR) is 80.6 cm³/mol. The Morgan fingerprint density at radius 2 is 2.21 bits per heavy atom. The van der Waals surface area contributed by atoms with Crippen LogP contribution in [0, 0.1) is 12.7 Å². The number of aryl methyl sites for hydroxylation is 1. The molecule has 0 aliphatic rings. The van der Waals surface area contributed by atoms with Crippen LogP contribution in [0.2, 0.25) is 5.02 Å². The summed E-state index contributed by atoms with van der Waals surface area (Å²) in [5, 5.41) is 5.91. The highest BCUT2D eigenvalue weighted by atomic mass is 35.5. The smallest absolute Gasteiger partial charge is 0.129 e. The molecule has 1 atom stereocenters. The Balaban J connectivity index is 2.42. The molecule has 0 amide bonds. The third kappa shape index (κ3) is 3.35. The molecule has 0 bridgehead atoms. The molecule has 1 aromatic heterocycles. The summed E-state index contributed by atoms with van der Waals surface area (Å²) in [5.74, 6) is -0.259. The van der Waals surface area contributed by atoms with E-state index in [2.05, 4.69) is 23.7 Å². The molecule has 0 fully saturated rings. The minimum atomic E-state index is -0.259. The second kappa shape index (κ2) is 6.51. The zero-order chi connectivity index (χ0) is 13.8. The highest BCUT2D eigenvalue weighted by Crippen LogP contribution is 2.32. The van der Waals surface area contributed by atoms with Crippen molar-refractivity contribution in [3.63, 3.8) is 0 Å². The van der Waals surface area contributed by atoms with Crippen LogP contribution in [0.15, 0.2) is 29.6 Å². The van der Waals surface area contributed by atoms with E-state index in [1.165, 1.54) is 10.9 Å². The summed E-state index contributed by atoms with van der Waals surface area (Å²) in [7, 11) is 0. The summed E-state index contributed by atoms with van der Waals surface area (Å²) in [6, 6.07) is 6.73. The molecular weight excluding hydrogens is 281 g/mol. The van der Waals surface area contributed by atoms with Crippen LogP contribution in [0.25, 0.3) is 0 Å². The van der Waals surface area contributed by atoms with Crippen molar-refractivity contribution in [2.75, 3.05) is 6.54 Å². The van der Waals surface area contributed by atoms with E-state index in [1.54, 1.807) is 23.5 Å². The number of thiophene rings is 1. The first-order chi connectivity index (χ1) is 9.13. The molecule has 1 unspecified atom stereocenters. The Kier molecular flexibility index (Phi) is 4.97. The molecule has 0 spiro atoms. The molecule has 4 heteroatoms. The maximum absolute atomic E-state index is 14.1. The molecule has 2 aromatic rings. The molecule has 1 N–H and O–H groups in total. The second-order valence-electron chi connectivity index (χ2n) is 4.51. The van der Waals surface area contributed by atoms with Gasteiger partial charge in [0, 0.05) is 15.5 Å². The number of halogens is 2. The van der Waals surface area contributed by atoms with Crippen LogP contribution in [0.4, 0.5) is 4.39 Å². The second-order valence-corrected chi connectivity index (χ2v) is 6.04. The Labute approximate surface area is 122 Å². The van der Waals surface area contributed by atoms with E-state index in [0.29, 0.717) is 10.6 Å². The van der Waals surface area contributed by atoms with Crippen LogP contribution in [0.5, 0.6) is 0 Å². The van der Waals surface area contributed by atoms with Crippen LogP contribution < -0.4 is 5.32 Å². The van der Waals surface area contributed by atoms with Gasteiger partial charge >= 0.3 is 0 Å². The molecule has 1 heterocycles. The van der Waals surface area contributed by atoms with E-state index >= 15 is 0 Å². The molecular formula is C15H17ClFNS. The molecule has 102 valence electrons. The van der Waals surface area contributed by atoms with Gasteiger partial charge < -0.3 is 5.32 Å². The molecule has 0 aliphatic carbocycles. The Morgan fingerprint density at radius 1 is 1.42 bits per heavy atom. The molecule has 0 radical (unpaired) electrons. The third-order valence-electron chi connectivity index (χ3n) is 2.97. The molecule has 19 heavy (non-hydrogen) atoms. The average molecular weight is 298 g/mol. The van der Waals surface area contributed by atoms with Crippen molar-refractivity contribution in [1.29, 1.82) is 0 Å². The van der Waals surface area contributed by atoms with Gasteiger partial charge in [0.15, 0.2) is 0 Å². The van der Waals surface area contributed by atoms with Gasteiger partial charge in [-0.3, -0.25) is 0 Å². The van der Waals surface area contributed by atoms with Crippen molar-refractivity contribution in [2.45, 2.75) is 26.3 Å². The van der Waals surface area contributed by atoms with E-state index in [9.17, 15) is 4.39 Å². The van der Waals surface area contributed by atoms with E-state index < -0.39 is 0 Å². The number of rotatable bonds is 5. The first kappa shape index (κ1) is 14.5. The number of nitrogens with one attached hydrogen (secondary N) is 1. The summed E-state index contributed by atoms with van der Waals surface area (Å²) < 4.78 is 14.1. The molecule has 0 saturated carbocycles. The highest BCUT2D eigenvalue weighted by molar-refractivity contribution is 7.10. The summed E-state index contributed by atoms with van der Waals surface area (Å²) in [6.45, 7) is 4.96. The number of hydrogen-bond donors (Lipinski definition) is 1. The summed E-state index contributed by atoms with van der Waals surface area (Å²) in [5.41, 5.74) is 1.61. The monoisotopic (exact) mass is 297 g/mol. The van der Waals surface area contributed by atoms with Crippen molar-refractivity contribution in [2.24, 2.45) is 0 Å². The lowest BCUT2D eigenvalue weighted by Crippen LogP contribution is -2.24. The Bertz CT molecular complexity index is 533. The van der Waals surface area contributed by atoms with Gasteiger partial charge in [0.05, 0.1) is 6.04 Å². The lowest BCUT2D eigenvalue weighted by atomic mass is 10.00. The van der Waals surface area contributed by atoms with Gasteiger partial charge in [-0.2, -0.15) is 0 Å². The first-order valence-corrected chi connectivity index (χ1v) is 7.61. The highest BCUT2D eigenvalue weighted by Gasteiger charge is 2.21. The fourth-order valence-corrected chi connectivity index (χ4v) is 3.08. The van der Waals surface area contributed by atoms with Gasteiger partial charge in [0.25, 0.3) is 0 Å².